The molecule has 2 aromatic rings. The number of amides is 2. The largest absolute Gasteiger partial charge is 0.344 e. The smallest absolute Gasteiger partial charge is 0.243 e. The number of piperidine rings is 1. The van der Waals surface area contributed by atoms with Crippen molar-refractivity contribution in [3.8, 4) is 0 Å². The first-order chi connectivity index (χ1) is 18.3. The molecule has 38 heavy (non-hydrogen) atoms. The number of hydrogen-bond donors (Lipinski definition) is 3. The molecule has 1 aliphatic carbocycles. The summed E-state index contributed by atoms with van der Waals surface area (Å²) in [7, 11) is 2.05. The van der Waals surface area contributed by atoms with Gasteiger partial charge < -0.3 is 9.80 Å². The van der Waals surface area contributed by atoms with E-state index in [-0.39, 0.29) is 35.9 Å². The van der Waals surface area contributed by atoms with Crippen LogP contribution in [0.2, 0.25) is 5.28 Å². The molecule has 3 heterocycles. The molecular weight excluding hydrogens is 535 g/mol. The summed E-state index contributed by atoms with van der Waals surface area (Å²) in [6, 6.07) is 0.0210. The summed E-state index contributed by atoms with van der Waals surface area (Å²) in [5.74, 6) is -1.80. The lowest BCUT2D eigenvalue weighted by atomic mass is 9.92. The van der Waals surface area contributed by atoms with Crippen molar-refractivity contribution in [2.24, 2.45) is 11.8 Å². The lowest BCUT2D eigenvalue weighted by Crippen LogP contribution is -2.44. The van der Waals surface area contributed by atoms with Crippen LogP contribution in [-0.2, 0) is 16.1 Å². The quantitative estimate of drug-likeness (QED) is 0.153. The number of carbonyl (C=O) groups is 2. The second-order valence-corrected chi connectivity index (χ2v) is 11.3. The highest BCUT2D eigenvalue weighted by Crippen LogP contribution is 2.32. The molecule has 0 radical (unpaired) electrons. The number of hydroxylamine groups is 2. The zero-order chi connectivity index (χ0) is 27.1. The summed E-state index contributed by atoms with van der Waals surface area (Å²) in [6.45, 7) is 1.93. The van der Waals surface area contributed by atoms with Gasteiger partial charge in [-0.1, -0.05) is 25.7 Å². The van der Waals surface area contributed by atoms with Crippen molar-refractivity contribution in [2.75, 3.05) is 37.0 Å². The van der Waals surface area contributed by atoms with Crippen molar-refractivity contribution >= 4 is 46.9 Å². The van der Waals surface area contributed by atoms with E-state index in [0.29, 0.717) is 23.9 Å². The molecule has 1 atom stereocenters. The summed E-state index contributed by atoms with van der Waals surface area (Å²) in [6.07, 6.45) is 8.29. The predicted molar refractivity (Wildman–Crippen MR) is 142 cm³/mol. The summed E-state index contributed by atoms with van der Waals surface area (Å²) in [5.41, 5.74) is 5.07. The standard InChI is InChI=1S/C24H34ClFN8O3S/c1-32-9-6-18(7-10-32)34(14-19-27-8-11-38-19)22-20(26)21(28-24(25)29-22)30-31-23(36)17(13-33(37)15-35)12-16-4-2-3-5-16/h8,11,15-18,37H,2-7,9-10,12-14H2,1H3,(H,31,36)(H,28,29,30)/t17-/m1/s1. The van der Waals surface area contributed by atoms with Crippen LogP contribution in [0, 0.1) is 17.7 Å². The molecule has 2 amide bonds. The van der Waals surface area contributed by atoms with Gasteiger partial charge in [-0.15, -0.1) is 11.3 Å². The molecule has 0 bridgehead atoms. The van der Waals surface area contributed by atoms with E-state index in [4.69, 9.17) is 11.6 Å². The Morgan fingerprint density at radius 1 is 1.32 bits per heavy atom. The van der Waals surface area contributed by atoms with Gasteiger partial charge in [0.1, 0.15) is 5.01 Å². The number of nitrogens with one attached hydrogen (secondary N) is 2. The average molecular weight is 569 g/mol. The van der Waals surface area contributed by atoms with Gasteiger partial charge in [-0.3, -0.25) is 25.6 Å². The molecule has 3 N–H and O–H groups in total. The van der Waals surface area contributed by atoms with Gasteiger partial charge in [-0.05, 0) is 56.9 Å². The predicted octanol–water partition coefficient (Wildman–Crippen LogP) is 3.31. The normalized spacial score (nSPS) is 17.8. The van der Waals surface area contributed by atoms with E-state index in [9.17, 15) is 14.8 Å². The van der Waals surface area contributed by atoms with Crippen molar-refractivity contribution in [1.82, 2.24) is 30.3 Å². The van der Waals surface area contributed by atoms with Crippen LogP contribution in [0.1, 0.15) is 50.0 Å². The van der Waals surface area contributed by atoms with Crippen LogP contribution in [0.15, 0.2) is 11.6 Å². The Hall–Kier alpha value is -2.61. The third-order valence-electron chi connectivity index (χ3n) is 7.29. The molecule has 2 aliphatic rings. The molecule has 2 fully saturated rings. The van der Waals surface area contributed by atoms with Crippen molar-refractivity contribution in [2.45, 2.75) is 57.5 Å². The Morgan fingerprint density at radius 2 is 2.05 bits per heavy atom. The van der Waals surface area contributed by atoms with Gasteiger partial charge in [-0.25, -0.2) is 10.0 Å². The number of rotatable bonds is 12. The number of carbonyl (C=O) groups excluding carboxylic acids is 2. The summed E-state index contributed by atoms with van der Waals surface area (Å²) in [4.78, 5) is 40.6. The molecule has 0 unspecified atom stereocenters. The minimum Gasteiger partial charge on any atom is -0.344 e. The summed E-state index contributed by atoms with van der Waals surface area (Å²) < 4.78 is 15.8. The Labute approximate surface area is 230 Å². The van der Waals surface area contributed by atoms with Crippen molar-refractivity contribution in [3.05, 3.63) is 27.7 Å². The van der Waals surface area contributed by atoms with Crippen molar-refractivity contribution in [1.29, 1.82) is 0 Å². The molecule has 208 valence electrons. The van der Waals surface area contributed by atoms with Gasteiger partial charge in [0.15, 0.2) is 11.6 Å². The first-order valence-electron chi connectivity index (χ1n) is 12.9. The minimum absolute atomic E-state index is 0.0210. The SMILES string of the molecule is CN1CCC(N(Cc2nccs2)c2nc(Cl)nc(NNC(=O)[C@H](CC3CCCC3)CN(O)C=O)c2F)CC1. The van der Waals surface area contributed by atoms with E-state index in [2.05, 4.69) is 37.8 Å². The molecule has 1 saturated carbocycles. The van der Waals surface area contributed by atoms with Crippen LogP contribution in [-0.4, -0.2) is 75.2 Å². The topological polar surface area (TPSA) is 127 Å². The Kier molecular flexibility index (Phi) is 10.1. The molecule has 14 heteroatoms. The number of thiazole rings is 1. The average Bonchev–Trinajstić information content (AvgIpc) is 3.62. The fourth-order valence-electron chi connectivity index (χ4n) is 5.25. The van der Waals surface area contributed by atoms with Crippen LogP contribution >= 0.6 is 22.9 Å². The highest BCUT2D eigenvalue weighted by molar-refractivity contribution is 7.09. The van der Waals surface area contributed by atoms with Gasteiger partial charge in [-0.2, -0.15) is 14.4 Å². The Balaban J connectivity index is 1.52. The van der Waals surface area contributed by atoms with Crippen LogP contribution in [0.3, 0.4) is 0 Å². The minimum atomic E-state index is -0.741. The highest BCUT2D eigenvalue weighted by Gasteiger charge is 2.30. The summed E-state index contributed by atoms with van der Waals surface area (Å²) >= 11 is 7.70. The maximum Gasteiger partial charge on any atom is 0.243 e. The van der Waals surface area contributed by atoms with Crippen LogP contribution in [0.25, 0.3) is 0 Å². The molecule has 1 aliphatic heterocycles. The monoisotopic (exact) mass is 568 g/mol. The molecule has 0 spiro atoms. The van der Waals surface area contributed by atoms with E-state index in [1.807, 2.05) is 10.3 Å². The molecular formula is C24H34ClFN8O3S. The molecule has 1 saturated heterocycles. The van der Waals surface area contributed by atoms with E-state index >= 15 is 4.39 Å². The van der Waals surface area contributed by atoms with E-state index in [1.54, 1.807) is 6.20 Å². The number of hydrazine groups is 1. The van der Waals surface area contributed by atoms with Gasteiger partial charge in [0, 0.05) is 17.6 Å². The first-order valence-corrected chi connectivity index (χ1v) is 14.1. The number of hydrogen-bond acceptors (Lipinski definition) is 10. The second kappa shape index (κ2) is 13.5. The van der Waals surface area contributed by atoms with Gasteiger partial charge in [0.05, 0.1) is 19.0 Å². The fourth-order valence-corrected chi connectivity index (χ4v) is 6.03. The van der Waals surface area contributed by atoms with Crippen LogP contribution in [0.4, 0.5) is 16.0 Å². The first kappa shape index (κ1) is 28.4. The van der Waals surface area contributed by atoms with Gasteiger partial charge in [0.25, 0.3) is 0 Å². The Morgan fingerprint density at radius 3 is 2.71 bits per heavy atom. The third-order valence-corrected chi connectivity index (χ3v) is 8.23. The van der Waals surface area contributed by atoms with E-state index in [1.165, 1.54) is 11.3 Å². The number of likely N-dealkylation sites (tertiary alicyclic amines) is 1. The number of aromatic nitrogens is 3. The van der Waals surface area contributed by atoms with Crippen LogP contribution in [0.5, 0.6) is 0 Å². The maximum atomic E-state index is 15.8. The number of halogens is 2. The lowest BCUT2D eigenvalue weighted by Gasteiger charge is -2.37. The van der Waals surface area contributed by atoms with Crippen molar-refractivity contribution in [3.63, 3.8) is 0 Å². The second-order valence-electron chi connectivity index (χ2n) is 9.99. The Bertz CT molecular complexity index is 1070. The zero-order valence-corrected chi connectivity index (χ0v) is 22.9. The molecule has 0 aromatic carbocycles. The van der Waals surface area contributed by atoms with Gasteiger partial charge in [0.2, 0.25) is 23.4 Å². The third kappa shape index (κ3) is 7.49. The lowest BCUT2D eigenvalue weighted by molar-refractivity contribution is -0.154. The molecule has 2 aromatic heterocycles. The maximum absolute atomic E-state index is 15.8. The van der Waals surface area contributed by atoms with E-state index in [0.717, 1.165) is 56.6 Å². The zero-order valence-electron chi connectivity index (χ0n) is 21.4. The van der Waals surface area contributed by atoms with Gasteiger partial charge >= 0.3 is 0 Å². The number of anilines is 2. The highest BCUT2D eigenvalue weighted by atomic mass is 35.5. The van der Waals surface area contributed by atoms with Crippen LogP contribution < -0.4 is 15.8 Å². The molecule has 4 rings (SSSR count). The fraction of sp³-hybridized carbons (Fsp3) is 0.625. The van der Waals surface area contributed by atoms with E-state index < -0.39 is 17.6 Å². The molecule has 11 nitrogen and oxygen atoms in total. The van der Waals surface area contributed by atoms with Crippen molar-refractivity contribution < 1.29 is 19.2 Å². The number of nitrogens with zero attached hydrogens (tertiary/aromatic N) is 6. The summed E-state index contributed by atoms with van der Waals surface area (Å²) in [5, 5.41) is 12.7.